The normalized spacial score (nSPS) is 10.2. The van der Waals surface area contributed by atoms with Crippen molar-refractivity contribution in [3.8, 4) is 0 Å². The summed E-state index contributed by atoms with van der Waals surface area (Å²) in [5.74, 6) is -0.103. The number of likely N-dealkylation sites (N-methyl/N-ethyl adjacent to an activating group) is 1. The minimum atomic E-state index is -0.0849. The van der Waals surface area contributed by atoms with Crippen molar-refractivity contribution in [1.82, 2.24) is 9.80 Å². The minimum absolute atomic E-state index is 0.0179. The number of carbonyl (C=O) groups excluding carboxylic acids is 2. The molecule has 0 saturated heterocycles. The molecule has 0 rings (SSSR count). The van der Waals surface area contributed by atoms with Crippen LogP contribution in [0.1, 0.15) is 19.3 Å². The number of hydrogen-bond acceptors (Lipinski definition) is 4. The average molecular weight is 259 g/mol. The van der Waals surface area contributed by atoms with Gasteiger partial charge in [0.2, 0.25) is 11.8 Å². The Kier molecular flexibility index (Phi) is 9.22. The number of amides is 2. The van der Waals surface area contributed by atoms with Crippen LogP contribution in [0.25, 0.3) is 0 Å². The third-order valence-electron chi connectivity index (χ3n) is 2.59. The molecular weight excluding hydrogens is 234 g/mol. The Bertz CT molecular complexity index is 257. The summed E-state index contributed by atoms with van der Waals surface area (Å²) in [6.07, 6.45) is 2.02. The first kappa shape index (κ1) is 16.9. The highest BCUT2D eigenvalue weighted by molar-refractivity contribution is 5.84. The zero-order chi connectivity index (χ0) is 14.0. The summed E-state index contributed by atoms with van der Waals surface area (Å²) in [6, 6.07) is 0. The maximum absolute atomic E-state index is 11.9. The van der Waals surface area contributed by atoms with Gasteiger partial charge in [0, 0.05) is 34.2 Å². The lowest BCUT2D eigenvalue weighted by molar-refractivity contribution is -0.139. The van der Waals surface area contributed by atoms with Crippen molar-refractivity contribution in [3.63, 3.8) is 0 Å². The van der Waals surface area contributed by atoms with E-state index in [1.807, 2.05) is 0 Å². The van der Waals surface area contributed by atoms with E-state index >= 15 is 0 Å². The van der Waals surface area contributed by atoms with Crippen LogP contribution < -0.4 is 5.73 Å². The molecule has 0 atom stereocenters. The highest BCUT2D eigenvalue weighted by Crippen LogP contribution is 2.01. The summed E-state index contributed by atoms with van der Waals surface area (Å²) in [5, 5.41) is 0. The van der Waals surface area contributed by atoms with Gasteiger partial charge in [0.05, 0.1) is 13.2 Å². The third kappa shape index (κ3) is 7.24. The molecule has 0 spiro atoms. The monoisotopic (exact) mass is 259 g/mol. The molecular formula is C12H25N3O3. The van der Waals surface area contributed by atoms with Crippen LogP contribution in [0.2, 0.25) is 0 Å². The van der Waals surface area contributed by atoms with E-state index in [1.54, 1.807) is 26.1 Å². The van der Waals surface area contributed by atoms with Crippen LogP contribution in [0, 0.1) is 0 Å². The quantitative estimate of drug-likeness (QED) is 0.576. The van der Waals surface area contributed by atoms with Gasteiger partial charge < -0.3 is 20.3 Å². The van der Waals surface area contributed by atoms with Crippen molar-refractivity contribution in [2.45, 2.75) is 19.3 Å². The van der Waals surface area contributed by atoms with Gasteiger partial charge in [0.1, 0.15) is 0 Å². The number of carbonyl (C=O) groups is 2. The van der Waals surface area contributed by atoms with E-state index in [1.165, 1.54) is 4.90 Å². The van der Waals surface area contributed by atoms with E-state index in [2.05, 4.69) is 0 Å². The lowest BCUT2D eigenvalue weighted by atomic mass is 10.2. The molecule has 2 amide bonds. The lowest BCUT2D eigenvalue weighted by Gasteiger charge is -2.23. The van der Waals surface area contributed by atoms with Gasteiger partial charge in [-0.05, 0) is 19.4 Å². The van der Waals surface area contributed by atoms with Gasteiger partial charge in [0.15, 0.2) is 0 Å². The molecule has 6 nitrogen and oxygen atoms in total. The second kappa shape index (κ2) is 9.85. The second-order valence-electron chi connectivity index (χ2n) is 4.34. The number of hydrogen-bond donors (Lipinski definition) is 1. The van der Waals surface area contributed by atoms with Gasteiger partial charge >= 0.3 is 0 Å². The Labute approximate surface area is 109 Å². The molecule has 0 saturated carbocycles. The Balaban J connectivity index is 4.27. The number of methoxy groups -OCH3 is 1. The van der Waals surface area contributed by atoms with Crippen LogP contribution in [-0.4, -0.2) is 69.1 Å². The number of rotatable bonds is 9. The molecule has 0 radical (unpaired) electrons. The smallest absolute Gasteiger partial charge is 0.241 e. The predicted molar refractivity (Wildman–Crippen MR) is 70.1 cm³/mol. The summed E-state index contributed by atoms with van der Waals surface area (Å²) in [4.78, 5) is 26.6. The maximum Gasteiger partial charge on any atom is 0.241 e. The van der Waals surface area contributed by atoms with E-state index in [0.29, 0.717) is 26.1 Å². The molecule has 6 heteroatoms. The SMILES string of the molecule is COCCN(CC(=O)N(C)C)C(=O)CCCCN. The zero-order valence-electron chi connectivity index (χ0n) is 11.6. The summed E-state index contributed by atoms with van der Waals surface area (Å²) in [6.45, 7) is 1.57. The predicted octanol–water partition coefficient (Wildman–Crippen LogP) is -0.321. The van der Waals surface area contributed by atoms with Gasteiger partial charge in [-0.1, -0.05) is 0 Å². The van der Waals surface area contributed by atoms with Crippen LogP contribution in [-0.2, 0) is 14.3 Å². The Morgan fingerprint density at radius 2 is 1.83 bits per heavy atom. The highest BCUT2D eigenvalue weighted by atomic mass is 16.5. The Morgan fingerprint density at radius 1 is 1.17 bits per heavy atom. The molecule has 0 fully saturated rings. The molecule has 0 unspecified atom stereocenters. The number of nitrogens with zero attached hydrogens (tertiary/aromatic N) is 2. The maximum atomic E-state index is 11.9. The first-order valence-corrected chi connectivity index (χ1v) is 6.19. The van der Waals surface area contributed by atoms with Gasteiger partial charge in [-0.15, -0.1) is 0 Å². The van der Waals surface area contributed by atoms with E-state index in [0.717, 1.165) is 12.8 Å². The van der Waals surface area contributed by atoms with Crippen LogP contribution in [0.5, 0.6) is 0 Å². The molecule has 0 aromatic rings. The molecule has 0 aliphatic heterocycles. The fourth-order valence-corrected chi connectivity index (χ4v) is 1.38. The van der Waals surface area contributed by atoms with E-state index in [-0.39, 0.29) is 18.4 Å². The van der Waals surface area contributed by atoms with Crippen molar-refractivity contribution in [2.24, 2.45) is 5.73 Å². The van der Waals surface area contributed by atoms with Crippen LogP contribution >= 0.6 is 0 Å². The van der Waals surface area contributed by atoms with E-state index in [9.17, 15) is 9.59 Å². The second-order valence-corrected chi connectivity index (χ2v) is 4.34. The first-order chi connectivity index (χ1) is 8.52. The highest BCUT2D eigenvalue weighted by Gasteiger charge is 2.17. The topological polar surface area (TPSA) is 75.9 Å². The van der Waals surface area contributed by atoms with Crippen LogP contribution in [0.15, 0.2) is 0 Å². The summed E-state index contributed by atoms with van der Waals surface area (Å²) in [7, 11) is 4.93. The molecule has 0 aliphatic rings. The number of nitrogens with two attached hydrogens (primary N) is 1. The number of ether oxygens (including phenoxy) is 1. The molecule has 106 valence electrons. The fourth-order valence-electron chi connectivity index (χ4n) is 1.38. The van der Waals surface area contributed by atoms with Crippen molar-refractivity contribution >= 4 is 11.8 Å². The molecule has 2 N–H and O–H groups in total. The first-order valence-electron chi connectivity index (χ1n) is 6.19. The number of unbranched alkanes of at least 4 members (excludes halogenated alkanes) is 1. The van der Waals surface area contributed by atoms with Crippen LogP contribution in [0.4, 0.5) is 0 Å². The summed E-state index contributed by atoms with van der Waals surface area (Å²) < 4.78 is 4.95. The molecule has 0 aromatic heterocycles. The molecule has 18 heavy (non-hydrogen) atoms. The third-order valence-corrected chi connectivity index (χ3v) is 2.59. The molecule has 0 bridgehead atoms. The van der Waals surface area contributed by atoms with Crippen LogP contribution in [0.3, 0.4) is 0 Å². The van der Waals surface area contributed by atoms with Gasteiger partial charge in [0.25, 0.3) is 0 Å². The fraction of sp³-hybridized carbons (Fsp3) is 0.833. The lowest BCUT2D eigenvalue weighted by Crippen LogP contribution is -2.41. The average Bonchev–Trinajstić information content (AvgIpc) is 2.34. The Morgan fingerprint density at radius 3 is 2.33 bits per heavy atom. The molecule has 0 aliphatic carbocycles. The Hall–Kier alpha value is -1.14. The molecule has 0 heterocycles. The van der Waals surface area contributed by atoms with E-state index < -0.39 is 0 Å². The zero-order valence-corrected chi connectivity index (χ0v) is 11.6. The van der Waals surface area contributed by atoms with Gasteiger partial charge in [-0.2, -0.15) is 0 Å². The van der Waals surface area contributed by atoms with Crippen molar-refractivity contribution in [1.29, 1.82) is 0 Å². The van der Waals surface area contributed by atoms with Crippen molar-refractivity contribution < 1.29 is 14.3 Å². The standard InChI is InChI=1S/C12H25N3O3/c1-14(2)12(17)10-15(8-9-18-3)11(16)6-4-5-7-13/h4-10,13H2,1-3H3. The van der Waals surface area contributed by atoms with Crippen molar-refractivity contribution in [3.05, 3.63) is 0 Å². The largest absolute Gasteiger partial charge is 0.383 e. The summed E-state index contributed by atoms with van der Waals surface area (Å²) >= 11 is 0. The minimum Gasteiger partial charge on any atom is -0.383 e. The van der Waals surface area contributed by atoms with Gasteiger partial charge in [-0.3, -0.25) is 9.59 Å². The van der Waals surface area contributed by atoms with E-state index in [4.69, 9.17) is 10.5 Å². The van der Waals surface area contributed by atoms with Gasteiger partial charge in [-0.25, -0.2) is 0 Å². The summed E-state index contributed by atoms with van der Waals surface area (Å²) in [5.41, 5.74) is 5.39. The molecule has 0 aromatic carbocycles. The van der Waals surface area contributed by atoms with Crippen molar-refractivity contribution in [2.75, 3.05) is 47.4 Å².